The standard InChI is InChI=1S/C29H44N4O3/c1-21(2)17-33-27(36)30(6)26(35)29(33)12-14-31(15-13-29)18-23-19-32(25(34)16-28(3,4)5)20-24(23)22-10-8-7-9-11-22/h7-11,21,23-24H,12-20H2,1-6H3. The van der Waals surface area contributed by atoms with Gasteiger partial charge in [0.15, 0.2) is 0 Å². The minimum absolute atomic E-state index is 0.0289. The van der Waals surface area contributed by atoms with Gasteiger partial charge in [0, 0.05) is 58.7 Å². The second-order valence-electron chi connectivity index (χ2n) is 12.8. The first-order valence-electron chi connectivity index (χ1n) is 13.6. The molecule has 0 aromatic heterocycles. The third-order valence-electron chi connectivity index (χ3n) is 8.16. The van der Waals surface area contributed by atoms with E-state index in [-0.39, 0.29) is 23.3 Å². The van der Waals surface area contributed by atoms with E-state index in [2.05, 4.69) is 68.7 Å². The topological polar surface area (TPSA) is 64.2 Å². The van der Waals surface area contributed by atoms with E-state index in [1.807, 2.05) is 11.0 Å². The number of piperidine rings is 1. The van der Waals surface area contributed by atoms with Gasteiger partial charge >= 0.3 is 6.03 Å². The van der Waals surface area contributed by atoms with Gasteiger partial charge in [-0.15, -0.1) is 0 Å². The van der Waals surface area contributed by atoms with Gasteiger partial charge in [-0.3, -0.25) is 14.5 Å². The number of benzene rings is 1. The number of likely N-dealkylation sites (N-methyl/N-ethyl adjacent to an activating group) is 1. The predicted octanol–water partition coefficient (Wildman–Crippen LogP) is 4.05. The van der Waals surface area contributed by atoms with E-state index >= 15 is 0 Å². The number of hydrogen-bond acceptors (Lipinski definition) is 4. The van der Waals surface area contributed by atoms with Crippen molar-refractivity contribution in [1.29, 1.82) is 0 Å². The van der Waals surface area contributed by atoms with E-state index < -0.39 is 5.54 Å². The van der Waals surface area contributed by atoms with Gasteiger partial charge in [0.05, 0.1) is 0 Å². The largest absolute Gasteiger partial charge is 0.342 e. The molecule has 7 nitrogen and oxygen atoms in total. The van der Waals surface area contributed by atoms with Crippen LogP contribution in [0.5, 0.6) is 0 Å². The highest BCUT2D eigenvalue weighted by molar-refractivity contribution is 6.06. The lowest BCUT2D eigenvalue weighted by Gasteiger charge is -2.43. The lowest BCUT2D eigenvalue weighted by atomic mass is 9.84. The summed E-state index contributed by atoms with van der Waals surface area (Å²) in [6.07, 6.45) is 1.90. The van der Waals surface area contributed by atoms with Crippen LogP contribution >= 0.6 is 0 Å². The van der Waals surface area contributed by atoms with E-state index in [1.165, 1.54) is 10.5 Å². The van der Waals surface area contributed by atoms with Crippen molar-refractivity contribution in [3.63, 3.8) is 0 Å². The smallest absolute Gasteiger partial charge is 0.327 e. The zero-order valence-corrected chi connectivity index (χ0v) is 23.0. The highest BCUT2D eigenvalue weighted by Gasteiger charge is 2.57. The summed E-state index contributed by atoms with van der Waals surface area (Å²) in [5.41, 5.74) is 0.567. The number of likely N-dealkylation sites (tertiary alicyclic amines) is 2. The van der Waals surface area contributed by atoms with Crippen LogP contribution in [0.1, 0.15) is 65.4 Å². The van der Waals surface area contributed by atoms with E-state index in [0.29, 0.717) is 43.6 Å². The number of rotatable bonds is 6. The van der Waals surface area contributed by atoms with Crippen LogP contribution in [0.3, 0.4) is 0 Å². The molecule has 1 aromatic rings. The average molecular weight is 497 g/mol. The molecule has 4 rings (SSSR count). The summed E-state index contributed by atoms with van der Waals surface area (Å²) in [4.78, 5) is 46.8. The lowest BCUT2D eigenvalue weighted by Crippen LogP contribution is -2.57. The number of imide groups is 1. The molecule has 2 atom stereocenters. The average Bonchev–Trinajstić information content (AvgIpc) is 3.31. The van der Waals surface area contributed by atoms with E-state index in [4.69, 9.17) is 0 Å². The molecule has 3 aliphatic heterocycles. The molecule has 2 unspecified atom stereocenters. The molecule has 36 heavy (non-hydrogen) atoms. The monoisotopic (exact) mass is 496 g/mol. The van der Waals surface area contributed by atoms with Gasteiger partial charge in [-0.1, -0.05) is 65.0 Å². The maximum atomic E-state index is 13.2. The third-order valence-corrected chi connectivity index (χ3v) is 8.16. The second kappa shape index (κ2) is 10.2. The first-order chi connectivity index (χ1) is 16.9. The van der Waals surface area contributed by atoms with Crippen molar-refractivity contribution >= 4 is 17.8 Å². The maximum absolute atomic E-state index is 13.2. The van der Waals surface area contributed by atoms with Crippen molar-refractivity contribution in [2.45, 2.75) is 65.3 Å². The van der Waals surface area contributed by atoms with Gasteiger partial charge in [-0.05, 0) is 35.7 Å². The second-order valence-corrected chi connectivity index (χ2v) is 12.8. The summed E-state index contributed by atoms with van der Waals surface area (Å²) >= 11 is 0. The van der Waals surface area contributed by atoms with Crippen molar-refractivity contribution < 1.29 is 14.4 Å². The van der Waals surface area contributed by atoms with Crippen LogP contribution in [0.4, 0.5) is 4.79 Å². The van der Waals surface area contributed by atoms with Crippen molar-refractivity contribution in [2.75, 3.05) is 46.3 Å². The normalized spacial score (nSPS) is 25.0. The molecular weight excluding hydrogens is 452 g/mol. The van der Waals surface area contributed by atoms with Crippen molar-refractivity contribution in [3.05, 3.63) is 35.9 Å². The minimum atomic E-state index is -0.699. The molecule has 7 heteroatoms. The molecule has 0 N–H and O–H groups in total. The van der Waals surface area contributed by atoms with E-state index in [0.717, 1.165) is 32.7 Å². The number of carbonyl (C=O) groups excluding carboxylic acids is 3. The molecule has 198 valence electrons. The maximum Gasteiger partial charge on any atom is 0.327 e. The third kappa shape index (κ3) is 5.31. The summed E-state index contributed by atoms with van der Waals surface area (Å²) in [6, 6.07) is 10.4. The molecule has 0 radical (unpaired) electrons. The highest BCUT2D eigenvalue weighted by atomic mass is 16.2. The van der Waals surface area contributed by atoms with Gasteiger partial charge in [-0.25, -0.2) is 4.79 Å². The number of nitrogens with zero attached hydrogens (tertiary/aromatic N) is 4. The zero-order valence-electron chi connectivity index (χ0n) is 23.0. The fraction of sp³-hybridized carbons (Fsp3) is 0.690. The summed E-state index contributed by atoms with van der Waals surface area (Å²) in [7, 11) is 1.62. The zero-order chi connectivity index (χ0) is 26.3. The van der Waals surface area contributed by atoms with E-state index in [1.54, 1.807) is 7.05 Å². The molecule has 1 aromatic carbocycles. The molecule has 3 fully saturated rings. The van der Waals surface area contributed by atoms with Crippen LogP contribution in [0.2, 0.25) is 0 Å². The van der Waals surface area contributed by atoms with Crippen molar-refractivity contribution in [1.82, 2.24) is 19.6 Å². The molecule has 1 spiro atoms. The highest BCUT2D eigenvalue weighted by Crippen LogP contribution is 2.39. The first kappa shape index (κ1) is 26.6. The Hall–Kier alpha value is -2.41. The Bertz CT molecular complexity index is 962. The van der Waals surface area contributed by atoms with Crippen LogP contribution in [0, 0.1) is 17.3 Å². The predicted molar refractivity (Wildman–Crippen MR) is 141 cm³/mol. The van der Waals surface area contributed by atoms with Crippen LogP contribution < -0.4 is 0 Å². The van der Waals surface area contributed by atoms with Gasteiger partial charge in [0.2, 0.25) is 5.91 Å². The number of amides is 4. The fourth-order valence-electron chi connectivity index (χ4n) is 6.32. The molecule has 0 bridgehead atoms. The van der Waals surface area contributed by atoms with Gasteiger partial charge in [0.25, 0.3) is 5.91 Å². The van der Waals surface area contributed by atoms with Gasteiger partial charge in [-0.2, -0.15) is 0 Å². The Morgan fingerprint density at radius 3 is 2.28 bits per heavy atom. The molecule has 4 amide bonds. The quantitative estimate of drug-likeness (QED) is 0.558. The van der Waals surface area contributed by atoms with Gasteiger partial charge < -0.3 is 14.7 Å². The van der Waals surface area contributed by atoms with Crippen LogP contribution in [0.25, 0.3) is 0 Å². The van der Waals surface area contributed by atoms with Crippen LogP contribution in [-0.2, 0) is 9.59 Å². The number of hydrogen-bond donors (Lipinski definition) is 0. The Balaban J connectivity index is 1.46. The van der Waals surface area contributed by atoms with Crippen LogP contribution in [-0.4, -0.2) is 89.3 Å². The Labute approximate surface area is 216 Å². The molecule has 3 saturated heterocycles. The Morgan fingerprint density at radius 1 is 1.06 bits per heavy atom. The van der Waals surface area contributed by atoms with Crippen molar-refractivity contribution in [2.24, 2.45) is 17.3 Å². The van der Waals surface area contributed by atoms with Gasteiger partial charge in [0.1, 0.15) is 5.54 Å². The number of carbonyl (C=O) groups is 3. The number of urea groups is 1. The summed E-state index contributed by atoms with van der Waals surface area (Å²) in [5.74, 6) is 1.16. The first-order valence-corrected chi connectivity index (χ1v) is 13.6. The molecule has 0 aliphatic carbocycles. The molecule has 3 heterocycles. The summed E-state index contributed by atoms with van der Waals surface area (Å²) in [6.45, 7) is 15.2. The van der Waals surface area contributed by atoms with Crippen LogP contribution in [0.15, 0.2) is 30.3 Å². The van der Waals surface area contributed by atoms with E-state index in [9.17, 15) is 14.4 Å². The Kier molecular flexibility index (Phi) is 7.52. The SMILES string of the molecule is CC(C)CN1C(=O)N(C)C(=O)C12CCN(CC1CN(C(=O)CC(C)(C)C)CC1c1ccccc1)CC2. The lowest BCUT2D eigenvalue weighted by molar-refractivity contribution is -0.135. The molecular formula is C29H44N4O3. The fourth-order valence-corrected chi connectivity index (χ4v) is 6.32. The summed E-state index contributed by atoms with van der Waals surface area (Å²) < 4.78 is 0. The van der Waals surface area contributed by atoms with Crippen molar-refractivity contribution in [3.8, 4) is 0 Å². The molecule has 0 saturated carbocycles. The minimum Gasteiger partial charge on any atom is -0.342 e. The summed E-state index contributed by atoms with van der Waals surface area (Å²) in [5, 5.41) is 0. The Morgan fingerprint density at radius 2 is 1.69 bits per heavy atom. The molecule has 3 aliphatic rings.